The molecule has 0 aromatic carbocycles. The summed E-state index contributed by atoms with van der Waals surface area (Å²) in [5.74, 6) is 2.67. The lowest BCUT2D eigenvalue weighted by molar-refractivity contribution is 0.397. The average Bonchev–Trinajstić information content (AvgIpc) is 3.12. The Morgan fingerprint density at radius 1 is 1.43 bits per heavy atom. The number of hydrogen-bond donors (Lipinski definition) is 2. The van der Waals surface area contributed by atoms with E-state index < -0.39 is 10.0 Å². The monoisotopic (exact) mass is 332 g/mol. The molecule has 0 bridgehead atoms. The Balaban J connectivity index is 1.85. The first-order chi connectivity index (χ1) is 10.0. The van der Waals surface area contributed by atoms with Crippen LogP contribution in [-0.2, 0) is 16.6 Å². The van der Waals surface area contributed by atoms with E-state index in [4.69, 9.17) is 4.42 Å². The van der Waals surface area contributed by atoms with Crippen LogP contribution >= 0.6 is 11.8 Å². The highest BCUT2D eigenvalue weighted by Crippen LogP contribution is 2.20. The predicted molar refractivity (Wildman–Crippen MR) is 86.0 cm³/mol. The van der Waals surface area contributed by atoms with E-state index in [2.05, 4.69) is 17.0 Å². The van der Waals surface area contributed by atoms with Gasteiger partial charge in [0.15, 0.2) is 0 Å². The fourth-order valence-electron chi connectivity index (χ4n) is 1.92. The van der Waals surface area contributed by atoms with Crippen LogP contribution in [0.4, 0.5) is 0 Å². The van der Waals surface area contributed by atoms with Gasteiger partial charge in [-0.2, -0.15) is 11.8 Å². The van der Waals surface area contributed by atoms with Crippen LogP contribution in [0.2, 0.25) is 0 Å². The van der Waals surface area contributed by atoms with Crippen molar-refractivity contribution in [2.24, 2.45) is 0 Å². The Labute approximate surface area is 131 Å². The summed E-state index contributed by atoms with van der Waals surface area (Å²) in [4.78, 5) is 0. The standard InChI is InChI=1S/C14H24N2O3S2/c1-3-20-9-8-11(2)16-21(17,18)14-7-6-13(19-14)10-15-12-4-5-12/h6-7,11-12,15-16H,3-5,8-10H2,1-2H3. The summed E-state index contributed by atoms with van der Waals surface area (Å²) in [5, 5.41) is 3.31. The highest BCUT2D eigenvalue weighted by Gasteiger charge is 2.23. The zero-order valence-corrected chi connectivity index (χ0v) is 14.2. The van der Waals surface area contributed by atoms with Gasteiger partial charge in [0, 0.05) is 12.1 Å². The Morgan fingerprint density at radius 3 is 2.86 bits per heavy atom. The summed E-state index contributed by atoms with van der Waals surface area (Å²) >= 11 is 1.81. The topological polar surface area (TPSA) is 71.3 Å². The molecule has 0 radical (unpaired) electrons. The minimum atomic E-state index is -3.55. The van der Waals surface area contributed by atoms with Gasteiger partial charge in [0.2, 0.25) is 5.09 Å². The van der Waals surface area contributed by atoms with Gasteiger partial charge in [-0.1, -0.05) is 6.92 Å². The first-order valence-corrected chi connectivity index (χ1v) is 10.1. The van der Waals surface area contributed by atoms with E-state index in [1.807, 2.05) is 18.7 Å². The molecular formula is C14H24N2O3S2. The molecule has 1 heterocycles. The molecular weight excluding hydrogens is 308 g/mol. The molecule has 1 aromatic heterocycles. The second kappa shape index (κ2) is 7.67. The number of furan rings is 1. The quantitative estimate of drug-likeness (QED) is 0.644. The first kappa shape index (κ1) is 16.9. The van der Waals surface area contributed by atoms with Gasteiger partial charge in [-0.3, -0.25) is 0 Å². The van der Waals surface area contributed by atoms with Crippen molar-refractivity contribution in [3.63, 3.8) is 0 Å². The summed E-state index contributed by atoms with van der Waals surface area (Å²) in [6.45, 7) is 4.56. The normalized spacial score (nSPS) is 17.0. The van der Waals surface area contributed by atoms with Crippen LogP contribution in [0, 0.1) is 0 Å². The van der Waals surface area contributed by atoms with E-state index in [0.29, 0.717) is 18.3 Å². The molecule has 2 rings (SSSR count). The lowest BCUT2D eigenvalue weighted by atomic mass is 10.3. The smallest absolute Gasteiger partial charge is 0.274 e. The molecule has 1 aliphatic rings. The molecule has 0 amide bonds. The van der Waals surface area contributed by atoms with Crippen molar-refractivity contribution in [3.05, 3.63) is 17.9 Å². The van der Waals surface area contributed by atoms with Gasteiger partial charge < -0.3 is 9.73 Å². The lowest BCUT2D eigenvalue weighted by Crippen LogP contribution is -2.32. The molecule has 1 unspecified atom stereocenters. The number of sulfonamides is 1. The predicted octanol–water partition coefficient (Wildman–Crippen LogP) is 2.34. The number of rotatable bonds is 10. The number of thioether (sulfide) groups is 1. The van der Waals surface area contributed by atoms with Crippen LogP contribution in [0.3, 0.4) is 0 Å². The summed E-state index contributed by atoms with van der Waals surface area (Å²) in [5.41, 5.74) is 0. The maximum absolute atomic E-state index is 12.2. The third kappa shape index (κ3) is 5.65. The second-order valence-corrected chi connectivity index (χ2v) is 8.42. The van der Waals surface area contributed by atoms with Crippen molar-refractivity contribution in [3.8, 4) is 0 Å². The zero-order chi connectivity index (χ0) is 15.3. The van der Waals surface area contributed by atoms with Crippen LogP contribution < -0.4 is 10.0 Å². The minimum absolute atomic E-state index is 0.00471. The summed E-state index contributed by atoms with van der Waals surface area (Å²) < 4.78 is 32.5. The van der Waals surface area contributed by atoms with Crippen molar-refractivity contribution in [2.75, 3.05) is 11.5 Å². The Morgan fingerprint density at radius 2 is 2.19 bits per heavy atom. The molecule has 1 saturated carbocycles. The number of nitrogens with one attached hydrogen (secondary N) is 2. The van der Waals surface area contributed by atoms with E-state index in [0.717, 1.165) is 17.9 Å². The van der Waals surface area contributed by atoms with E-state index in [-0.39, 0.29) is 11.1 Å². The van der Waals surface area contributed by atoms with Crippen molar-refractivity contribution in [2.45, 2.75) is 56.8 Å². The highest BCUT2D eigenvalue weighted by molar-refractivity contribution is 7.99. The fraction of sp³-hybridized carbons (Fsp3) is 0.714. The Kier molecular flexibility index (Phi) is 6.16. The maximum Gasteiger partial charge on any atom is 0.274 e. The Bertz CT molecular complexity index is 538. The molecule has 0 saturated heterocycles. The average molecular weight is 332 g/mol. The Hall–Kier alpha value is -0.500. The number of hydrogen-bond acceptors (Lipinski definition) is 5. The molecule has 21 heavy (non-hydrogen) atoms. The third-order valence-electron chi connectivity index (χ3n) is 3.30. The van der Waals surface area contributed by atoms with Gasteiger partial charge in [0.25, 0.3) is 10.0 Å². The van der Waals surface area contributed by atoms with E-state index in [9.17, 15) is 8.42 Å². The summed E-state index contributed by atoms with van der Waals surface area (Å²) in [6.07, 6.45) is 3.20. The molecule has 0 aliphatic heterocycles. The summed E-state index contributed by atoms with van der Waals surface area (Å²) in [7, 11) is -3.55. The highest BCUT2D eigenvalue weighted by atomic mass is 32.2. The second-order valence-electron chi connectivity index (χ2n) is 5.38. The molecule has 1 atom stereocenters. The summed E-state index contributed by atoms with van der Waals surface area (Å²) in [6, 6.07) is 3.73. The van der Waals surface area contributed by atoms with Crippen LogP contribution in [0.5, 0.6) is 0 Å². The van der Waals surface area contributed by atoms with Gasteiger partial charge in [0.05, 0.1) is 6.54 Å². The molecule has 7 heteroatoms. The van der Waals surface area contributed by atoms with Crippen LogP contribution in [-0.4, -0.2) is 32.0 Å². The van der Waals surface area contributed by atoms with Gasteiger partial charge in [0.1, 0.15) is 5.76 Å². The maximum atomic E-state index is 12.2. The van der Waals surface area contributed by atoms with E-state index in [1.165, 1.54) is 18.9 Å². The molecule has 1 fully saturated rings. The van der Waals surface area contributed by atoms with Gasteiger partial charge >= 0.3 is 0 Å². The van der Waals surface area contributed by atoms with Crippen molar-refractivity contribution in [1.29, 1.82) is 0 Å². The zero-order valence-electron chi connectivity index (χ0n) is 12.6. The molecule has 1 aliphatic carbocycles. The molecule has 1 aromatic rings. The third-order valence-corrected chi connectivity index (χ3v) is 5.69. The van der Waals surface area contributed by atoms with Crippen LogP contribution in [0.15, 0.2) is 21.6 Å². The van der Waals surface area contributed by atoms with Crippen LogP contribution in [0.1, 0.15) is 38.9 Å². The SMILES string of the molecule is CCSCCC(C)NS(=O)(=O)c1ccc(CNC2CC2)o1. The molecule has 5 nitrogen and oxygen atoms in total. The lowest BCUT2D eigenvalue weighted by Gasteiger charge is -2.12. The van der Waals surface area contributed by atoms with Gasteiger partial charge in [-0.05, 0) is 49.8 Å². The first-order valence-electron chi connectivity index (χ1n) is 7.43. The van der Waals surface area contributed by atoms with Crippen molar-refractivity contribution >= 4 is 21.8 Å². The largest absolute Gasteiger partial charge is 0.447 e. The van der Waals surface area contributed by atoms with Gasteiger partial charge in [-0.25, -0.2) is 13.1 Å². The van der Waals surface area contributed by atoms with E-state index in [1.54, 1.807) is 6.07 Å². The fourth-order valence-corrected chi connectivity index (χ4v) is 3.95. The van der Waals surface area contributed by atoms with E-state index >= 15 is 0 Å². The van der Waals surface area contributed by atoms with Gasteiger partial charge in [-0.15, -0.1) is 0 Å². The molecule has 120 valence electrons. The minimum Gasteiger partial charge on any atom is -0.447 e. The van der Waals surface area contributed by atoms with Crippen molar-refractivity contribution in [1.82, 2.24) is 10.0 Å². The van der Waals surface area contributed by atoms with Crippen LogP contribution in [0.25, 0.3) is 0 Å². The molecule has 2 N–H and O–H groups in total. The van der Waals surface area contributed by atoms with Crippen molar-refractivity contribution < 1.29 is 12.8 Å². The molecule has 0 spiro atoms.